The van der Waals surface area contributed by atoms with Crippen LogP contribution < -0.4 is 27.4 Å². The zero-order valence-electron chi connectivity index (χ0n) is 17.1. The largest absolute Gasteiger partial charge is 0.392 e. The van der Waals surface area contributed by atoms with Gasteiger partial charge in [-0.2, -0.15) is 0 Å². The first kappa shape index (κ1) is 24.5. The maximum absolute atomic E-state index is 12.7. The second kappa shape index (κ2) is 12.9. The highest BCUT2D eigenvalue weighted by Gasteiger charge is 2.28. The van der Waals surface area contributed by atoms with Crippen LogP contribution in [0.15, 0.2) is 24.3 Å². The van der Waals surface area contributed by atoms with Crippen LogP contribution in [-0.4, -0.2) is 48.0 Å². The Balaban J connectivity index is 2.84. The quantitative estimate of drug-likeness (QED) is 0.282. The van der Waals surface area contributed by atoms with E-state index in [-0.39, 0.29) is 37.3 Å². The molecule has 1 aromatic rings. The Morgan fingerprint density at radius 1 is 1.00 bits per heavy atom. The fraction of sp³-hybridized carbons (Fsp3) is 0.550. The van der Waals surface area contributed by atoms with Gasteiger partial charge in [0.2, 0.25) is 17.7 Å². The van der Waals surface area contributed by atoms with E-state index in [1.807, 2.05) is 13.8 Å². The van der Waals surface area contributed by atoms with Crippen molar-refractivity contribution in [3.63, 3.8) is 0 Å². The molecule has 0 bridgehead atoms. The Kier molecular flexibility index (Phi) is 10.9. The van der Waals surface area contributed by atoms with Gasteiger partial charge >= 0.3 is 0 Å². The van der Waals surface area contributed by atoms with Crippen LogP contribution in [0.3, 0.4) is 0 Å². The number of carbonyl (C=O) groups is 3. The number of benzene rings is 1. The third-order valence-corrected chi connectivity index (χ3v) is 4.37. The fourth-order valence-corrected chi connectivity index (χ4v) is 2.69. The molecule has 3 amide bonds. The van der Waals surface area contributed by atoms with Crippen molar-refractivity contribution in [2.75, 3.05) is 18.4 Å². The number of anilines is 1. The molecule has 0 unspecified atom stereocenters. The lowest BCUT2D eigenvalue weighted by Crippen LogP contribution is -2.54. The summed E-state index contributed by atoms with van der Waals surface area (Å²) in [5.74, 6) is -1.29. The first-order valence-corrected chi connectivity index (χ1v) is 9.82. The molecule has 1 rings (SSSR count). The second-order valence-electron chi connectivity index (χ2n) is 7.16. The van der Waals surface area contributed by atoms with Gasteiger partial charge in [0.1, 0.15) is 12.1 Å². The zero-order valence-corrected chi connectivity index (χ0v) is 17.1. The standard InChI is InChI=1S/C20H33N5O4/c1-13(2)18(25-17(27)9-11-22)20(29)24-16(4-3-10-21)19(28)23-15-7-5-14(12-26)6-8-15/h5-8,13,16,18,26H,3-4,9-12,21-22H2,1-2H3,(H,23,28)(H,24,29)(H,25,27)/t16-,18-/m1/s1. The van der Waals surface area contributed by atoms with E-state index in [9.17, 15) is 14.4 Å². The number of rotatable bonds is 12. The van der Waals surface area contributed by atoms with Gasteiger partial charge in [-0.1, -0.05) is 26.0 Å². The van der Waals surface area contributed by atoms with Gasteiger partial charge in [0.25, 0.3) is 0 Å². The summed E-state index contributed by atoms with van der Waals surface area (Å²) in [6, 6.07) is 5.18. The molecule has 9 nitrogen and oxygen atoms in total. The van der Waals surface area contributed by atoms with E-state index in [4.69, 9.17) is 16.6 Å². The smallest absolute Gasteiger partial charge is 0.246 e. The summed E-state index contributed by atoms with van der Waals surface area (Å²) in [5.41, 5.74) is 12.2. The molecular formula is C20H33N5O4. The molecular weight excluding hydrogens is 374 g/mol. The minimum atomic E-state index is -0.795. The van der Waals surface area contributed by atoms with Gasteiger partial charge in [-0.25, -0.2) is 0 Å². The van der Waals surface area contributed by atoms with Crippen LogP contribution in [0.25, 0.3) is 0 Å². The zero-order chi connectivity index (χ0) is 21.8. The van der Waals surface area contributed by atoms with E-state index in [2.05, 4.69) is 16.0 Å². The van der Waals surface area contributed by atoms with E-state index < -0.39 is 18.0 Å². The Morgan fingerprint density at radius 2 is 1.66 bits per heavy atom. The molecule has 29 heavy (non-hydrogen) atoms. The van der Waals surface area contributed by atoms with Crippen molar-refractivity contribution in [2.24, 2.45) is 17.4 Å². The van der Waals surface area contributed by atoms with Crippen LogP contribution >= 0.6 is 0 Å². The van der Waals surface area contributed by atoms with E-state index in [1.165, 1.54) is 0 Å². The summed E-state index contributed by atoms with van der Waals surface area (Å²) in [4.78, 5) is 37.3. The molecule has 0 heterocycles. The highest BCUT2D eigenvalue weighted by atomic mass is 16.3. The van der Waals surface area contributed by atoms with E-state index >= 15 is 0 Å². The number of hydrogen-bond acceptors (Lipinski definition) is 6. The molecule has 1 aromatic carbocycles. The molecule has 162 valence electrons. The lowest BCUT2D eigenvalue weighted by Gasteiger charge is -2.25. The average molecular weight is 408 g/mol. The Bertz CT molecular complexity index is 663. The van der Waals surface area contributed by atoms with Crippen LogP contribution in [-0.2, 0) is 21.0 Å². The van der Waals surface area contributed by atoms with Gasteiger partial charge in [0, 0.05) is 18.7 Å². The lowest BCUT2D eigenvalue weighted by molar-refractivity contribution is -0.132. The number of nitrogens with one attached hydrogen (secondary N) is 3. The molecule has 0 aromatic heterocycles. The van der Waals surface area contributed by atoms with Crippen molar-refractivity contribution < 1.29 is 19.5 Å². The predicted octanol–water partition coefficient (Wildman–Crippen LogP) is -0.169. The number of nitrogens with two attached hydrogens (primary N) is 2. The average Bonchev–Trinajstić information content (AvgIpc) is 2.69. The molecule has 0 spiro atoms. The normalized spacial score (nSPS) is 12.9. The summed E-state index contributed by atoms with van der Waals surface area (Å²) >= 11 is 0. The van der Waals surface area contributed by atoms with Crippen molar-refractivity contribution in [2.45, 2.75) is 51.8 Å². The minimum absolute atomic E-state index is 0.0874. The first-order valence-electron chi connectivity index (χ1n) is 9.82. The maximum atomic E-state index is 12.7. The molecule has 0 aliphatic carbocycles. The molecule has 0 saturated heterocycles. The minimum Gasteiger partial charge on any atom is -0.392 e. The molecule has 9 heteroatoms. The van der Waals surface area contributed by atoms with Crippen LogP contribution in [0.5, 0.6) is 0 Å². The van der Waals surface area contributed by atoms with Gasteiger partial charge in [-0.05, 0) is 43.0 Å². The topological polar surface area (TPSA) is 160 Å². The van der Waals surface area contributed by atoms with Gasteiger partial charge in [0.05, 0.1) is 6.61 Å². The lowest BCUT2D eigenvalue weighted by atomic mass is 10.0. The van der Waals surface area contributed by atoms with Crippen molar-refractivity contribution in [3.05, 3.63) is 29.8 Å². The number of amides is 3. The summed E-state index contributed by atoms with van der Waals surface area (Å²) in [5, 5.41) is 17.3. The number of hydrogen-bond donors (Lipinski definition) is 6. The predicted molar refractivity (Wildman–Crippen MR) is 112 cm³/mol. The van der Waals surface area contributed by atoms with E-state index in [0.717, 1.165) is 5.56 Å². The molecule has 8 N–H and O–H groups in total. The van der Waals surface area contributed by atoms with Gasteiger partial charge < -0.3 is 32.5 Å². The molecule has 0 aliphatic heterocycles. The highest BCUT2D eigenvalue weighted by Crippen LogP contribution is 2.11. The highest BCUT2D eigenvalue weighted by molar-refractivity contribution is 5.98. The summed E-state index contributed by atoms with van der Waals surface area (Å²) < 4.78 is 0. The van der Waals surface area contributed by atoms with Crippen molar-refractivity contribution in [1.82, 2.24) is 10.6 Å². The molecule has 0 aliphatic rings. The SMILES string of the molecule is CC(C)[C@@H](NC(=O)CCN)C(=O)N[C@H](CCCN)C(=O)Nc1ccc(CO)cc1. The monoisotopic (exact) mass is 407 g/mol. The van der Waals surface area contributed by atoms with Crippen LogP contribution in [0, 0.1) is 5.92 Å². The van der Waals surface area contributed by atoms with Crippen LogP contribution in [0.4, 0.5) is 5.69 Å². The van der Waals surface area contributed by atoms with E-state index in [1.54, 1.807) is 24.3 Å². The number of aliphatic hydroxyl groups excluding tert-OH is 1. The third-order valence-electron chi connectivity index (χ3n) is 4.37. The Morgan fingerprint density at radius 3 is 2.17 bits per heavy atom. The number of carbonyl (C=O) groups excluding carboxylic acids is 3. The number of aliphatic hydroxyl groups is 1. The third kappa shape index (κ3) is 8.59. The Labute approximate surface area is 171 Å². The Hall–Kier alpha value is -2.49. The van der Waals surface area contributed by atoms with Crippen LogP contribution in [0.1, 0.15) is 38.7 Å². The summed E-state index contributed by atoms with van der Waals surface area (Å²) in [6.07, 6.45) is 1.04. The second-order valence-corrected chi connectivity index (χ2v) is 7.16. The van der Waals surface area contributed by atoms with Crippen molar-refractivity contribution >= 4 is 23.4 Å². The maximum Gasteiger partial charge on any atom is 0.246 e. The van der Waals surface area contributed by atoms with Crippen molar-refractivity contribution in [1.29, 1.82) is 0 Å². The fourth-order valence-electron chi connectivity index (χ4n) is 2.69. The first-order chi connectivity index (χ1) is 13.8. The summed E-state index contributed by atoms with van der Waals surface area (Å²) in [7, 11) is 0. The summed E-state index contributed by atoms with van der Waals surface area (Å²) in [6.45, 7) is 4.10. The molecule has 0 radical (unpaired) electrons. The van der Waals surface area contributed by atoms with Gasteiger partial charge in [-0.3, -0.25) is 14.4 Å². The van der Waals surface area contributed by atoms with Crippen LogP contribution in [0.2, 0.25) is 0 Å². The van der Waals surface area contributed by atoms with Gasteiger partial charge in [0.15, 0.2) is 0 Å². The van der Waals surface area contributed by atoms with E-state index in [0.29, 0.717) is 25.1 Å². The molecule has 0 fully saturated rings. The van der Waals surface area contributed by atoms with Crippen molar-refractivity contribution in [3.8, 4) is 0 Å². The molecule has 0 saturated carbocycles. The van der Waals surface area contributed by atoms with Gasteiger partial charge in [-0.15, -0.1) is 0 Å². The molecule has 2 atom stereocenters.